The number of nitrogens with zero attached hydrogens (tertiary/aromatic N) is 4. The van der Waals surface area contributed by atoms with Crippen molar-refractivity contribution in [1.29, 1.82) is 0 Å². The number of ether oxygens (including phenoxy) is 2. The second-order valence-corrected chi connectivity index (χ2v) is 12.9. The molecule has 4 aromatic rings. The highest BCUT2D eigenvalue weighted by Gasteiger charge is 2.34. The number of piperidine rings is 1. The van der Waals surface area contributed by atoms with Gasteiger partial charge in [0.2, 0.25) is 0 Å². The molecule has 0 amide bonds. The Balaban J connectivity index is 1.30. The molecule has 3 unspecified atom stereocenters. The normalized spacial score (nSPS) is 23.0. The summed E-state index contributed by atoms with van der Waals surface area (Å²) in [6.45, 7) is 5.81. The number of fused-ring (bicyclic) bond motifs is 4. The largest absolute Gasteiger partial charge is 0.508 e. The molecular weight excluding hydrogens is 581 g/mol. The molecule has 2 N–H and O–H groups in total. The molecule has 3 saturated heterocycles. The number of benzene rings is 3. The number of piperazine rings is 1. The molecule has 7 rings (SSSR count). The van der Waals surface area contributed by atoms with Crippen molar-refractivity contribution >= 4 is 39.1 Å². The summed E-state index contributed by atoms with van der Waals surface area (Å²) in [5.41, 5.74) is 0.834. The molecule has 8 nitrogen and oxygen atoms in total. The summed E-state index contributed by atoms with van der Waals surface area (Å²) in [7, 11) is 1.69. The Morgan fingerprint density at radius 3 is 2.64 bits per heavy atom. The van der Waals surface area contributed by atoms with E-state index in [4.69, 9.17) is 26.1 Å². The Morgan fingerprint density at radius 1 is 1.07 bits per heavy atom. The topological polar surface area (TPSA) is 83.0 Å². The lowest BCUT2D eigenvalue weighted by Crippen LogP contribution is -2.51. The predicted molar refractivity (Wildman–Crippen MR) is 172 cm³/mol. The van der Waals surface area contributed by atoms with Crippen LogP contribution in [0.5, 0.6) is 11.8 Å². The summed E-state index contributed by atoms with van der Waals surface area (Å²) in [6.07, 6.45) is 5.63. The first kappa shape index (κ1) is 29.5. The summed E-state index contributed by atoms with van der Waals surface area (Å²) in [4.78, 5) is 14.2. The molecule has 232 valence electrons. The number of methoxy groups -OCH3 is 1. The minimum Gasteiger partial charge on any atom is -0.508 e. The minimum absolute atomic E-state index is 0.0339. The number of likely N-dealkylation sites (tertiary alicyclic amines) is 1. The average Bonchev–Trinajstić information content (AvgIpc) is 3.36. The third-order valence-electron chi connectivity index (χ3n) is 9.58. The second kappa shape index (κ2) is 12.3. The molecule has 3 aliphatic heterocycles. The van der Waals surface area contributed by atoms with Gasteiger partial charge in [0.15, 0.2) is 5.82 Å². The Labute approximate surface area is 262 Å². The summed E-state index contributed by atoms with van der Waals surface area (Å²) >= 11 is 6.88. The highest BCUT2D eigenvalue weighted by atomic mass is 35.5. The molecular formula is C34H39ClFN5O3. The quantitative estimate of drug-likeness (QED) is 0.243. The number of halogens is 2. The van der Waals surface area contributed by atoms with Crippen molar-refractivity contribution in [3.63, 3.8) is 0 Å². The van der Waals surface area contributed by atoms with Gasteiger partial charge in [0.1, 0.15) is 29.8 Å². The van der Waals surface area contributed by atoms with E-state index in [1.54, 1.807) is 25.3 Å². The third-order valence-corrected chi connectivity index (χ3v) is 9.88. The molecule has 4 atom stereocenters. The molecule has 2 bridgehead atoms. The number of phenolic OH excluding ortho intramolecular Hbond substituents is 1. The predicted octanol–water partition coefficient (Wildman–Crippen LogP) is 6.16. The van der Waals surface area contributed by atoms with Gasteiger partial charge in [-0.05, 0) is 73.7 Å². The molecule has 3 aromatic carbocycles. The lowest BCUT2D eigenvalue weighted by Gasteiger charge is -2.35. The van der Waals surface area contributed by atoms with Crippen molar-refractivity contribution < 1.29 is 19.0 Å². The van der Waals surface area contributed by atoms with Crippen molar-refractivity contribution in [2.45, 2.75) is 63.3 Å². The van der Waals surface area contributed by atoms with Gasteiger partial charge in [-0.1, -0.05) is 42.3 Å². The average molecular weight is 620 g/mol. The molecule has 1 aromatic heterocycles. The summed E-state index contributed by atoms with van der Waals surface area (Å²) in [6, 6.07) is 13.8. The van der Waals surface area contributed by atoms with E-state index in [0.717, 1.165) is 49.8 Å². The number of aromatic nitrogens is 2. The number of hydrogen-bond donors (Lipinski definition) is 2. The first-order valence-corrected chi connectivity index (χ1v) is 16.1. The van der Waals surface area contributed by atoms with E-state index in [0.29, 0.717) is 34.9 Å². The van der Waals surface area contributed by atoms with Crippen LogP contribution >= 0.6 is 11.6 Å². The van der Waals surface area contributed by atoms with Crippen LogP contribution in [0.25, 0.3) is 32.8 Å². The van der Waals surface area contributed by atoms with Gasteiger partial charge < -0.3 is 24.8 Å². The highest BCUT2D eigenvalue weighted by molar-refractivity contribution is 6.35. The zero-order chi connectivity index (χ0) is 30.4. The first-order chi connectivity index (χ1) is 21.4. The van der Waals surface area contributed by atoms with Crippen LogP contribution in [0.2, 0.25) is 5.02 Å². The molecule has 3 aliphatic rings. The van der Waals surface area contributed by atoms with Crippen molar-refractivity contribution in [3.8, 4) is 22.9 Å². The van der Waals surface area contributed by atoms with Crippen molar-refractivity contribution in [2.75, 3.05) is 44.8 Å². The molecule has 44 heavy (non-hydrogen) atoms. The SMILES string of the molecule is COC(COc1nc(N2CC3CCC(C2)N3)c2cc(Cl)c(-c3cc(O)cc4ccccc34)c(F)c2n1)CN1CCCC[C@H]1C. The number of anilines is 1. The van der Waals surface area contributed by atoms with Gasteiger partial charge in [0.25, 0.3) is 0 Å². The van der Waals surface area contributed by atoms with Crippen molar-refractivity contribution in [1.82, 2.24) is 20.2 Å². The lowest BCUT2D eigenvalue weighted by atomic mass is 9.96. The number of rotatable bonds is 8. The van der Waals surface area contributed by atoms with Gasteiger partial charge in [0.05, 0.1) is 5.02 Å². The maximum atomic E-state index is 16.8. The first-order valence-electron chi connectivity index (χ1n) is 15.7. The molecule has 0 aliphatic carbocycles. The van der Waals surface area contributed by atoms with E-state index in [1.165, 1.54) is 19.3 Å². The number of hydrogen-bond acceptors (Lipinski definition) is 8. The summed E-state index contributed by atoms with van der Waals surface area (Å²) in [5, 5.41) is 16.5. The van der Waals surface area contributed by atoms with Gasteiger partial charge in [-0.3, -0.25) is 4.90 Å². The number of aromatic hydroxyl groups is 1. The molecule has 10 heteroatoms. The van der Waals surface area contributed by atoms with Crippen LogP contribution in [-0.2, 0) is 4.74 Å². The summed E-state index contributed by atoms with van der Waals surface area (Å²) in [5.74, 6) is 0.0852. The lowest BCUT2D eigenvalue weighted by molar-refractivity contribution is 0.0109. The Morgan fingerprint density at radius 2 is 1.86 bits per heavy atom. The fourth-order valence-corrected chi connectivity index (χ4v) is 7.53. The monoisotopic (exact) mass is 619 g/mol. The van der Waals surface area contributed by atoms with E-state index in [2.05, 4.69) is 27.0 Å². The third kappa shape index (κ3) is 5.67. The van der Waals surface area contributed by atoms with E-state index >= 15 is 4.39 Å². The molecule has 3 fully saturated rings. The summed E-state index contributed by atoms with van der Waals surface area (Å²) < 4.78 is 28.8. The zero-order valence-corrected chi connectivity index (χ0v) is 26.0. The van der Waals surface area contributed by atoms with Crippen LogP contribution < -0.4 is 15.0 Å². The molecule has 0 radical (unpaired) electrons. The Kier molecular flexibility index (Phi) is 8.22. The Hall–Kier alpha value is -3.24. The Bertz CT molecular complexity index is 1680. The maximum absolute atomic E-state index is 16.8. The smallest absolute Gasteiger partial charge is 0.319 e. The van der Waals surface area contributed by atoms with Gasteiger partial charge in [-0.25, -0.2) is 4.39 Å². The van der Waals surface area contributed by atoms with Gasteiger partial charge in [0, 0.05) is 55.8 Å². The molecule has 0 spiro atoms. The van der Waals surface area contributed by atoms with Crippen LogP contribution in [0.1, 0.15) is 39.0 Å². The van der Waals surface area contributed by atoms with Crippen LogP contribution in [0, 0.1) is 5.82 Å². The second-order valence-electron chi connectivity index (χ2n) is 12.5. The maximum Gasteiger partial charge on any atom is 0.319 e. The molecule has 4 heterocycles. The van der Waals surface area contributed by atoms with E-state index in [1.807, 2.05) is 24.3 Å². The van der Waals surface area contributed by atoms with Gasteiger partial charge in [-0.2, -0.15) is 9.97 Å². The van der Waals surface area contributed by atoms with Gasteiger partial charge >= 0.3 is 6.01 Å². The van der Waals surface area contributed by atoms with Crippen molar-refractivity contribution in [3.05, 3.63) is 53.3 Å². The highest BCUT2D eigenvalue weighted by Crippen LogP contribution is 2.43. The van der Waals surface area contributed by atoms with E-state index in [-0.39, 0.29) is 40.6 Å². The van der Waals surface area contributed by atoms with Gasteiger partial charge in [-0.15, -0.1) is 0 Å². The van der Waals surface area contributed by atoms with E-state index < -0.39 is 5.82 Å². The number of nitrogens with one attached hydrogen (secondary N) is 1. The van der Waals surface area contributed by atoms with E-state index in [9.17, 15) is 5.11 Å². The van der Waals surface area contributed by atoms with Crippen LogP contribution in [-0.4, -0.2) is 84.1 Å². The zero-order valence-electron chi connectivity index (χ0n) is 25.2. The fourth-order valence-electron chi connectivity index (χ4n) is 7.24. The van der Waals surface area contributed by atoms with Crippen LogP contribution in [0.15, 0.2) is 42.5 Å². The van der Waals surface area contributed by atoms with Crippen molar-refractivity contribution in [2.24, 2.45) is 0 Å². The molecule has 0 saturated carbocycles. The number of phenols is 1. The minimum atomic E-state index is -0.569. The van der Waals surface area contributed by atoms with Crippen LogP contribution in [0.4, 0.5) is 10.2 Å². The fraction of sp³-hybridized carbons (Fsp3) is 0.471. The van der Waals surface area contributed by atoms with Crippen LogP contribution in [0.3, 0.4) is 0 Å². The standard InChI is InChI=1S/C34H39ClFN5O3/c1-20-7-5-6-12-40(20)18-25(43-2)19-44-34-38-32-28(33(39-34)41-16-22-10-11-23(17-41)37-22)15-29(35)30(31(32)36)27-14-24(42)13-21-8-3-4-9-26(21)27/h3-4,8-9,13-15,20,22-23,25,37,42H,5-7,10-12,16-19H2,1-2H3/t20-,22?,23?,25?/m1/s1.